The molecule has 5 heteroatoms. The Balaban J connectivity index is 3.00. The van der Waals surface area contributed by atoms with Crippen LogP contribution in [0.5, 0.6) is 0 Å². The van der Waals surface area contributed by atoms with Gasteiger partial charge >= 0.3 is 5.97 Å². The Hall–Kier alpha value is -0.910. The molecule has 0 bridgehead atoms. The lowest BCUT2D eigenvalue weighted by molar-refractivity contribution is -0.137. The summed E-state index contributed by atoms with van der Waals surface area (Å²) in [5.41, 5.74) is 0. The third-order valence-electron chi connectivity index (χ3n) is 4.43. The number of aliphatic carboxylic acids is 1. The highest BCUT2D eigenvalue weighted by molar-refractivity contribution is 5.66. The van der Waals surface area contributed by atoms with Crippen LogP contribution in [0, 0.1) is 11.8 Å². The highest BCUT2D eigenvalue weighted by atomic mass is 16.4. The monoisotopic (exact) mass is 366 g/mol. The Morgan fingerprint density at radius 3 is 2.68 bits per heavy atom. The molecule has 0 aromatic rings. The van der Waals surface area contributed by atoms with E-state index in [4.69, 9.17) is 12.0 Å². The fourth-order valence-corrected chi connectivity index (χ4v) is 2.97. The highest BCUT2D eigenvalue weighted by Crippen LogP contribution is 2.37. The van der Waals surface area contributed by atoms with E-state index in [9.17, 15) is 20.1 Å². The molecule has 0 heterocycles. The van der Waals surface area contributed by atoms with Crippen LogP contribution in [0.3, 0.4) is 0 Å². The van der Waals surface area contributed by atoms with Crippen LogP contribution in [0.4, 0.5) is 0 Å². The molecule has 4 N–H and O–H groups in total. The molecule has 5 atom stereocenters. The second kappa shape index (κ2) is 12.4. The maximum atomic E-state index is 10.6. The van der Waals surface area contributed by atoms with Gasteiger partial charge in [-0.15, -0.1) is 0 Å². The lowest BCUT2D eigenvalue weighted by Crippen LogP contribution is -2.21. The SMILES string of the molecule is [3H]/C(=C\[C@]1([3H])[C@@]([3H])(CCCCCCC(=O)O)[C@@H](O)C[C@@]1([3H])O)[C@@]([3H])(O)CCCCC. The maximum Gasteiger partial charge on any atom is 0.303 e. The van der Waals surface area contributed by atoms with Crippen LogP contribution >= 0.6 is 0 Å². The van der Waals surface area contributed by atoms with Gasteiger partial charge in [-0.1, -0.05) is 57.6 Å². The largest absolute Gasteiger partial charge is 0.481 e. The summed E-state index contributed by atoms with van der Waals surface area (Å²) in [6.45, 7) is 1.95. The Kier molecular flexibility index (Phi) is 7.55. The van der Waals surface area contributed by atoms with Crippen LogP contribution in [-0.4, -0.2) is 44.7 Å². The lowest BCUT2D eigenvalue weighted by Gasteiger charge is -2.21. The van der Waals surface area contributed by atoms with Crippen molar-refractivity contribution in [2.24, 2.45) is 11.8 Å². The topological polar surface area (TPSA) is 98.0 Å². The summed E-state index contributed by atoms with van der Waals surface area (Å²) in [5, 5.41) is 39.9. The molecule has 1 aliphatic rings. The van der Waals surface area contributed by atoms with Crippen LogP contribution in [0.25, 0.3) is 0 Å². The minimum Gasteiger partial charge on any atom is -0.481 e. The zero-order chi connectivity index (χ0) is 23.2. The van der Waals surface area contributed by atoms with Gasteiger partial charge in [0.15, 0.2) is 0 Å². The van der Waals surface area contributed by atoms with Crippen molar-refractivity contribution in [3.05, 3.63) is 12.1 Å². The normalized spacial score (nSPS) is 41.2. The average Bonchev–Trinajstić information content (AvgIpc) is 2.75. The molecule has 0 aliphatic heterocycles. The molecule has 0 amide bonds. The molecule has 0 radical (unpaired) electrons. The molecule has 0 aromatic carbocycles. The predicted octanol–water partition coefficient (Wildman–Crippen LogP) is 3.27. The van der Waals surface area contributed by atoms with E-state index in [-0.39, 0.29) is 19.3 Å². The molecule has 0 unspecified atom stereocenters. The first-order valence-electron chi connectivity index (χ1n) is 11.8. The Labute approximate surface area is 158 Å². The quantitative estimate of drug-likeness (QED) is 0.296. The van der Waals surface area contributed by atoms with Crippen molar-refractivity contribution < 1.29 is 32.1 Å². The average molecular weight is 367 g/mol. The number of carbonyl (C=O) groups is 1. The van der Waals surface area contributed by atoms with E-state index < -0.39 is 48.5 Å². The fourth-order valence-electron chi connectivity index (χ4n) is 2.97. The molecule has 0 spiro atoms. The summed E-state index contributed by atoms with van der Waals surface area (Å²) < 4.78 is 41.7. The first-order chi connectivity index (χ1) is 13.7. The summed E-state index contributed by atoms with van der Waals surface area (Å²) in [6.07, 6.45) is -2.03. The molecule has 1 aliphatic carbocycles. The molecule has 146 valence electrons. The van der Waals surface area contributed by atoms with Crippen molar-refractivity contribution in [1.29, 1.82) is 0 Å². The van der Waals surface area contributed by atoms with Gasteiger partial charge in [0.2, 0.25) is 0 Å². The van der Waals surface area contributed by atoms with Crippen molar-refractivity contribution in [3.8, 4) is 0 Å². The number of aliphatic hydroxyl groups excluding tert-OH is 1. The van der Waals surface area contributed by atoms with Gasteiger partial charge in [-0.05, 0) is 25.2 Å². The molecule has 0 saturated heterocycles. The third kappa shape index (κ3) is 8.84. The lowest BCUT2D eigenvalue weighted by atomic mass is 9.88. The molecular weight excluding hydrogens is 320 g/mol. The van der Waals surface area contributed by atoms with E-state index in [1.165, 1.54) is 0 Å². The van der Waals surface area contributed by atoms with E-state index in [1.54, 1.807) is 0 Å². The number of hydrogen-bond acceptors (Lipinski definition) is 4. The van der Waals surface area contributed by atoms with Crippen molar-refractivity contribution in [2.75, 3.05) is 0 Å². The minimum atomic E-state index is -2.55. The zero-order valence-electron chi connectivity index (χ0n) is 20.1. The second-order valence-corrected chi connectivity index (χ2v) is 6.61. The number of aliphatic hydroxyl groups is 3. The number of hydrogen-bond donors (Lipinski definition) is 4. The van der Waals surface area contributed by atoms with Gasteiger partial charge < -0.3 is 20.4 Å². The van der Waals surface area contributed by atoms with Gasteiger partial charge in [-0.2, -0.15) is 0 Å². The van der Waals surface area contributed by atoms with E-state index in [1.807, 2.05) is 6.92 Å². The van der Waals surface area contributed by atoms with E-state index >= 15 is 0 Å². The second-order valence-electron chi connectivity index (χ2n) is 6.61. The first-order valence-corrected chi connectivity index (χ1v) is 9.28. The zero-order valence-corrected chi connectivity index (χ0v) is 15.1. The van der Waals surface area contributed by atoms with Gasteiger partial charge in [0.25, 0.3) is 0 Å². The van der Waals surface area contributed by atoms with Crippen molar-refractivity contribution in [1.82, 2.24) is 0 Å². The van der Waals surface area contributed by atoms with Crippen molar-refractivity contribution in [2.45, 2.75) is 95.8 Å². The van der Waals surface area contributed by atoms with Crippen molar-refractivity contribution in [3.63, 3.8) is 0 Å². The predicted molar refractivity (Wildman–Crippen MR) is 98.2 cm³/mol. The molecule has 1 fully saturated rings. The number of rotatable bonds is 13. The molecular formula is C20H36O5. The smallest absolute Gasteiger partial charge is 0.303 e. The molecule has 1 saturated carbocycles. The standard InChI is InChI=1S/C20H36O5/c1-2-3-6-9-15(21)12-13-17-16(18(22)14-19(17)23)10-7-4-5-8-11-20(24)25/h12-13,15-19,21-23H,2-11,14H2,1H3,(H,24,25)/b13-12+/t15-,16+,17+,18-,19+/m0/s1/i12T,15T,16T,17T,19T. The number of carboxylic acid groups (broad SMARTS) is 1. The summed E-state index contributed by atoms with van der Waals surface area (Å²) in [4.78, 5) is 10.6. The van der Waals surface area contributed by atoms with Crippen LogP contribution in [0.1, 0.15) is 84.4 Å². The number of carboxylic acids is 1. The van der Waals surface area contributed by atoms with Gasteiger partial charge in [-0.3, -0.25) is 4.79 Å². The van der Waals surface area contributed by atoms with Crippen LogP contribution in [-0.2, 0) is 4.79 Å². The van der Waals surface area contributed by atoms with Gasteiger partial charge in [0.1, 0.15) is 0 Å². The molecule has 1 rings (SSSR count). The summed E-state index contributed by atoms with van der Waals surface area (Å²) in [7, 11) is 0. The summed E-state index contributed by atoms with van der Waals surface area (Å²) in [5.74, 6) is -5.29. The highest BCUT2D eigenvalue weighted by Gasteiger charge is 2.39. The van der Waals surface area contributed by atoms with Crippen LogP contribution in [0.2, 0.25) is 0 Å². The van der Waals surface area contributed by atoms with Gasteiger partial charge in [-0.25, -0.2) is 0 Å². The van der Waals surface area contributed by atoms with E-state index in [2.05, 4.69) is 0 Å². The molecule has 25 heavy (non-hydrogen) atoms. The van der Waals surface area contributed by atoms with Crippen LogP contribution < -0.4 is 0 Å². The fraction of sp³-hybridized carbons (Fsp3) is 0.850. The van der Waals surface area contributed by atoms with Gasteiger partial charge in [0.05, 0.1) is 22.4 Å². The Morgan fingerprint density at radius 1 is 1.28 bits per heavy atom. The first kappa shape index (κ1) is 15.2. The Morgan fingerprint density at radius 2 is 2.00 bits per heavy atom. The maximum absolute atomic E-state index is 10.6. The molecule has 5 nitrogen and oxygen atoms in total. The minimum absolute atomic E-state index is 0.0363. The Bertz CT molecular complexity index is 612. The third-order valence-corrected chi connectivity index (χ3v) is 4.43. The number of unbranched alkanes of at least 4 members (excludes halogenated alkanes) is 5. The van der Waals surface area contributed by atoms with E-state index in [0.717, 1.165) is 18.9 Å². The summed E-state index contributed by atoms with van der Waals surface area (Å²) >= 11 is 0. The van der Waals surface area contributed by atoms with Gasteiger partial charge in [0, 0.05) is 21.5 Å². The summed E-state index contributed by atoms with van der Waals surface area (Å²) in [6, 6.07) is -0.661. The van der Waals surface area contributed by atoms with Crippen LogP contribution in [0.15, 0.2) is 12.1 Å². The van der Waals surface area contributed by atoms with Crippen molar-refractivity contribution >= 4 is 5.97 Å². The molecule has 0 aromatic heterocycles. The van der Waals surface area contributed by atoms with E-state index in [0.29, 0.717) is 32.1 Å².